The first-order valence-electron chi connectivity index (χ1n) is 9.32. The number of hydrogen-bond donors (Lipinski definition) is 2. The van der Waals surface area contributed by atoms with Gasteiger partial charge in [0.2, 0.25) is 5.91 Å². The lowest BCUT2D eigenvalue weighted by Gasteiger charge is -2.21. The van der Waals surface area contributed by atoms with Gasteiger partial charge in [-0.05, 0) is 39.9 Å². The second kappa shape index (κ2) is 6.53. The average molecular weight is 369 g/mol. The van der Waals surface area contributed by atoms with E-state index in [1.54, 1.807) is 0 Å². The molecule has 1 aliphatic rings. The van der Waals surface area contributed by atoms with E-state index < -0.39 is 0 Å². The van der Waals surface area contributed by atoms with Crippen LogP contribution in [-0.2, 0) is 24.3 Å². The minimum absolute atomic E-state index is 0.0729. The fourth-order valence-electron chi connectivity index (χ4n) is 3.96. The Morgan fingerprint density at radius 1 is 0.821 bits per heavy atom. The zero-order valence-corrected chi connectivity index (χ0v) is 15.2. The third-order valence-corrected chi connectivity index (χ3v) is 5.34. The van der Waals surface area contributed by atoms with E-state index in [0.717, 1.165) is 27.7 Å². The molecule has 1 aromatic heterocycles. The van der Waals surface area contributed by atoms with Gasteiger partial charge in [-0.1, -0.05) is 54.6 Å². The van der Waals surface area contributed by atoms with E-state index >= 15 is 0 Å². The lowest BCUT2D eigenvalue weighted by Crippen LogP contribution is -2.30. The number of amides is 1. The maximum atomic E-state index is 13.1. The van der Waals surface area contributed by atoms with Gasteiger partial charge in [0.15, 0.2) is 0 Å². The Morgan fingerprint density at radius 3 is 2.11 bits per heavy atom. The molecule has 138 valence electrons. The number of hydrogen-bond acceptors (Lipinski definition) is 2. The van der Waals surface area contributed by atoms with Crippen LogP contribution in [-0.4, -0.2) is 20.8 Å². The standard InChI is InChI=1S/C23H19N3O2/c27-22(12-15-9-10-20-21(11-15)25-23(28)24-20)26-13-16-5-1-3-7-18(16)19-8-4-2-6-17(19)14-26/h1-11H,12-14H2,(H2,24,25,28). The molecule has 0 fully saturated rings. The Bertz CT molecular complexity index is 1200. The molecule has 2 heterocycles. The number of nitrogens with one attached hydrogen (secondary N) is 2. The highest BCUT2D eigenvalue weighted by molar-refractivity contribution is 5.83. The highest BCUT2D eigenvalue weighted by Crippen LogP contribution is 2.32. The lowest BCUT2D eigenvalue weighted by molar-refractivity contribution is -0.131. The molecule has 4 aromatic rings. The molecule has 5 rings (SSSR count). The number of carbonyl (C=O) groups is 1. The van der Waals surface area contributed by atoms with Crippen LogP contribution < -0.4 is 5.69 Å². The van der Waals surface area contributed by atoms with Gasteiger partial charge < -0.3 is 14.9 Å². The molecule has 28 heavy (non-hydrogen) atoms. The van der Waals surface area contributed by atoms with Crippen molar-refractivity contribution < 1.29 is 4.79 Å². The van der Waals surface area contributed by atoms with Crippen LogP contribution in [0.2, 0.25) is 0 Å². The maximum Gasteiger partial charge on any atom is 0.323 e. The second-order valence-electron chi connectivity index (χ2n) is 7.20. The number of H-pyrrole nitrogens is 2. The number of fused-ring (bicyclic) bond motifs is 4. The number of aromatic amines is 2. The monoisotopic (exact) mass is 369 g/mol. The van der Waals surface area contributed by atoms with E-state index in [2.05, 4.69) is 34.2 Å². The summed E-state index contributed by atoms with van der Waals surface area (Å²) < 4.78 is 0. The van der Waals surface area contributed by atoms with Crippen molar-refractivity contribution in [3.8, 4) is 11.1 Å². The summed E-state index contributed by atoms with van der Waals surface area (Å²) in [6, 6.07) is 22.1. The van der Waals surface area contributed by atoms with E-state index in [1.165, 1.54) is 11.1 Å². The zero-order valence-electron chi connectivity index (χ0n) is 15.2. The molecule has 2 N–H and O–H groups in total. The molecule has 3 aromatic carbocycles. The Labute approximate surface area is 161 Å². The molecule has 0 bridgehead atoms. The number of aromatic nitrogens is 2. The quantitative estimate of drug-likeness (QED) is 0.567. The van der Waals surface area contributed by atoms with Crippen molar-refractivity contribution in [2.75, 3.05) is 0 Å². The zero-order chi connectivity index (χ0) is 19.1. The normalized spacial score (nSPS) is 13.1. The van der Waals surface area contributed by atoms with Crippen molar-refractivity contribution in [2.45, 2.75) is 19.5 Å². The van der Waals surface area contributed by atoms with E-state index in [9.17, 15) is 9.59 Å². The molecule has 0 spiro atoms. The van der Waals surface area contributed by atoms with Gasteiger partial charge in [-0.3, -0.25) is 4.79 Å². The first kappa shape index (κ1) is 16.6. The van der Waals surface area contributed by atoms with Crippen molar-refractivity contribution in [1.29, 1.82) is 0 Å². The van der Waals surface area contributed by atoms with Gasteiger partial charge in [-0.25, -0.2) is 4.79 Å². The molecule has 0 aliphatic carbocycles. The number of carbonyl (C=O) groups excluding carboxylic acids is 1. The number of benzene rings is 3. The fourth-order valence-corrected chi connectivity index (χ4v) is 3.96. The van der Waals surface area contributed by atoms with Crippen LogP contribution in [0.5, 0.6) is 0 Å². The van der Waals surface area contributed by atoms with Gasteiger partial charge in [0, 0.05) is 13.1 Å². The molecule has 0 radical (unpaired) electrons. The SMILES string of the molecule is O=C(Cc1ccc2[nH]c(=O)[nH]c2c1)N1Cc2ccccc2-c2ccccc2C1. The third-order valence-electron chi connectivity index (χ3n) is 5.34. The molecular weight excluding hydrogens is 350 g/mol. The maximum absolute atomic E-state index is 13.1. The first-order valence-corrected chi connectivity index (χ1v) is 9.32. The van der Waals surface area contributed by atoms with Crippen LogP contribution in [0.15, 0.2) is 71.5 Å². The van der Waals surface area contributed by atoms with E-state index in [-0.39, 0.29) is 11.6 Å². The molecule has 0 saturated carbocycles. The number of imidazole rings is 1. The molecule has 5 heteroatoms. The van der Waals surface area contributed by atoms with Crippen LogP contribution >= 0.6 is 0 Å². The number of rotatable bonds is 2. The van der Waals surface area contributed by atoms with Crippen LogP contribution in [0.4, 0.5) is 0 Å². The van der Waals surface area contributed by atoms with Crippen molar-refractivity contribution in [1.82, 2.24) is 14.9 Å². The van der Waals surface area contributed by atoms with Gasteiger partial charge in [-0.15, -0.1) is 0 Å². The fraction of sp³-hybridized carbons (Fsp3) is 0.130. The molecule has 5 nitrogen and oxygen atoms in total. The van der Waals surface area contributed by atoms with Crippen molar-refractivity contribution >= 4 is 16.9 Å². The Kier molecular flexibility index (Phi) is 3.86. The minimum Gasteiger partial charge on any atom is -0.334 e. The predicted molar refractivity (Wildman–Crippen MR) is 109 cm³/mol. The summed E-state index contributed by atoms with van der Waals surface area (Å²) in [5.41, 5.74) is 6.83. The van der Waals surface area contributed by atoms with Gasteiger partial charge in [-0.2, -0.15) is 0 Å². The predicted octanol–water partition coefficient (Wildman–Crippen LogP) is 3.61. The van der Waals surface area contributed by atoms with Crippen LogP contribution in [0.1, 0.15) is 16.7 Å². The Morgan fingerprint density at radius 2 is 1.43 bits per heavy atom. The summed E-state index contributed by atoms with van der Waals surface area (Å²) in [5.74, 6) is 0.0729. The molecule has 0 atom stereocenters. The first-order chi connectivity index (χ1) is 13.7. The van der Waals surface area contributed by atoms with Crippen LogP contribution in [0, 0.1) is 0 Å². The van der Waals surface area contributed by atoms with Gasteiger partial charge in [0.1, 0.15) is 0 Å². The average Bonchev–Trinajstić information content (AvgIpc) is 2.98. The highest BCUT2D eigenvalue weighted by atomic mass is 16.2. The van der Waals surface area contributed by atoms with Crippen molar-refractivity contribution in [3.63, 3.8) is 0 Å². The van der Waals surface area contributed by atoms with E-state index in [1.807, 2.05) is 47.4 Å². The number of nitrogens with zero attached hydrogens (tertiary/aromatic N) is 1. The lowest BCUT2D eigenvalue weighted by atomic mass is 9.97. The van der Waals surface area contributed by atoms with Crippen molar-refractivity contribution in [2.24, 2.45) is 0 Å². The summed E-state index contributed by atoms with van der Waals surface area (Å²) in [5, 5.41) is 0. The minimum atomic E-state index is -0.237. The second-order valence-corrected chi connectivity index (χ2v) is 7.20. The summed E-state index contributed by atoms with van der Waals surface area (Å²) in [7, 11) is 0. The van der Waals surface area contributed by atoms with Crippen molar-refractivity contribution in [3.05, 3.63) is 93.9 Å². The largest absolute Gasteiger partial charge is 0.334 e. The Balaban J connectivity index is 1.47. The van der Waals surface area contributed by atoms with E-state index in [4.69, 9.17) is 0 Å². The smallest absolute Gasteiger partial charge is 0.323 e. The molecule has 1 amide bonds. The van der Waals surface area contributed by atoms with E-state index in [0.29, 0.717) is 19.5 Å². The molecular formula is C23H19N3O2. The Hall–Kier alpha value is -3.60. The highest BCUT2D eigenvalue weighted by Gasteiger charge is 2.22. The summed E-state index contributed by atoms with van der Waals surface area (Å²) in [6.07, 6.45) is 0.299. The van der Waals surface area contributed by atoms with Gasteiger partial charge in [0.05, 0.1) is 17.5 Å². The third kappa shape index (κ3) is 2.91. The molecule has 0 saturated heterocycles. The van der Waals surface area contributed by atoms with Crippen LogP contribution in [0.3, 0.4) is 0 Å². The summed E-state index contributed by atoms with van der Waals surface area (Å²) in [6.45, 7) is 1.18. The molecule has 0 unspecified atom stereocenters. The molecule has 1 aliphatic heterocycles. The topological polar surface area (TPSA) is 69.0 Å². The summed E-state index contributed by atoms with van der Waals surface area (Å²) in [4.78, 5) is 32.0. The summed E-state index contributed by atoms with van der Waals surface area (Å²) >= 11 is 0. The van der Waals surface area contributed by atoms with Crippen LogP contribution in [0.25, 0.3) is 22.2 Å². The van der Waals surface area contributed by atoms with Gasteiger partial charge >= 0.3 is 5.69 Å². The van der Waals surface area contributed by atoms with Gasteiger partial charge in [0.25, 0.3) is 0 Å².